The summed E-state index contributed by atoms with van der Waals surface area (Å²) in [6.07, 6.45) is 2.60. The second-order valence-electron chi connectivity index (χ2n) is 3.72. The lowest BCUT2D eigenvalue weighted by molar-refractivity contribution is -0.147. The molecule has 4 nitrogen and oxygen atoms in total. The second-order valence-corrected chi connectivity index (χ2v) is 3.72. The van der Waals surface area contributed by atoms with E-state index in [-0.39, 0.29) is 18.5 Å². The largest absolute Gasteiger partial charge is 0.469 e. The lowest BCUT2D eigenvalue weighted by Crippen LogP contribution is -2.37. The molecule has 0 spiro atoms. The highest BCUT2D eigenvalue weighted by Gasteiger charge is 2.24. The van der Waals surface area contributed by atoms with Crippen LogP contribution < -0.4 is 0 Å². The van der Waals surface area contributed by atoms with Gasteiger partial charge in [0.05, 0.1) is 13.0 Å². The van der Waals surface area contributed by atoms with Crippen LogP contribution >= 0.6 is 0 Å². The number of methoxy groups -OCH3 is 1. The van der Waals surface area contributed by atoms with Crippen LogP contribution in [-0.2, 0) is 9.53 Å². The summed E-state index contributed by atoms with van der Waals surface area (Å²) in [6, 6.07) is 0. The Balaban J connectivity index is 2.20. The van der Waals surface area contributed by atoms with Crippen LogP contribution in [0.25, 0.3) is 0 Å². The van der Waals surface area contributed by atoms with Crippen molar-refractivity contribution in [2.75, 3.05) is 33.4 Å². The molecule has 0 aromatic heterocycles. The molecule has 0 aromatic rings. The number of rotatable bonds is 4. The molecular weight excluding hydrogens is 182 g/mol. The molecule has 1 rings (SSSR count). The van der Waals surface area contributed by atoms with Gasteiger partial charge in [0.25, 0.3) is 0 Å². The average molecular weight is 201 g/mol. The van der Waals surface area contributed by atoms with Crippen molar-refractivity contribution in [3.63, 3.8) is 0 Å². The zero-order valence-electron chi connectivity index (χ0n) is 8.74. The fraction of sp³-hybridized carbons (Fsp3) is 0.900. The quantitative estimate of drug-likeness (QED) is 0.663. The molecule has 0 radical (unpaired) electrons. The van der Waals surface area contributed by atoms with E-state index in [1.165, 1.54) is 7.11 Å². The number of carbonyl (C=O) groups is 1. The minimum Gasteiger partial charge on any atom is -0.469 e. The van der Waals surface area contributed by atoms with E-state index >= 15 is 0 Å². The minimum atomic E-state index is -0.0770. The summed E-state index contributed by atoms with van der Waals surface area (Å²) in [7, 11) is 1.44. The summed E-state index contributed by atoms with van der Waals surface area (Å²) in [4.78, 5) is 13.5. The molecule has 0 saturated carbocycles. The Morgan fingerprint density at radius 1 is 1.50 bits per heavy atom. The lowest BCUT2D eigenvalue weighted by atomic mass is 9.97. The zero-order valence-corrected chi connectivity index (χ0v) is 8.74. The van der Waals surface area contributed by atoms with Gasteiger partial charge in [-0.1, -0.05) is 0 Å². The number of nitrogens with zero attached hydrogens (tertiary/aromatic N) is 1. The van der Waals surface area contributed by atoms with Gasteiger partial charge >= 0.3 is 5.97 Å². The Labute approximate surface area is 84.8 Å². The van der Waals surface area contributed by atoms with Crippen molar-refractivity contribution in [2.24, 2.45) is 5.92 Å². The highest BCUT2D eigenvalue weighted by Crippen LogP contribution is 2.18. The summed E-state index contributed by atoms with van der Waals surface area (Å²) in [5, 5.41) is 8.67. The van der Waals surface area contributed by atoms with Crippen molar-refractivity contribution >= 4 is 5.97 Å². The molecule has 1 N–H and O–H groups in total. The van der Waals surface area contributed by atoms with Gasteiger partial charge in [-0.3, -0.25) is 4.79 Å². The fourth-order valence-corrected chi connectivity index (χ4v) is 1.85. The van der Waals surface area contributed by atoms with Crippen molar-refractivity contribution in [3.8, 4) is 0 Å². The first kappa shape index (κ1) is 11.5. The van der Waals surface area contributed by atoms with E-state index in [0.717, 1.165) is 38.9 Å². The molecule has 82 valence electrons. The standard InChI is InChI=1S/C10H19NO3/c1-14-10(13)9-3-6-11(7-4-9)5-2-8-12/h9,12H,2-8H2,1H3. The third kappa shape index (κ3) is 3.27. The smallest absolute Gasteiger partial charge is 0.308 e. The van der Waals surface area contributed by atoms with Crippen molar-refractivity contribution in [1.29, 1.82) is 0 Å². The number of aliphatic hydroxyl groups excluding tert-OH is 1. The molecular formula is C10H19NO3. The molecule has 1 saturated heterocycles. The summed E-state index contributed by atoms with van der Waals surface area (Å²) in [5.74, 6) is 0.0113. The number of hydrogen-bond donors (Lipinski definition) is 1. The summed E-state index contributed by atoms with van der Waals surface area (Å²) < 4.78 is 4.71. The molecule has 0 unspecified atom stereocenters. The second kappa shape index (κ2) is 5.98. The molecule has 0 aromatic carbocycles. The Hall–Kier alpha value is -0.610. The zero-order chi connectivity index (χ0) is 10.4. The fourth-order valence-electron chi connectivity index (χ4n) is 1.85. The highest BCUT2D eigenvalue weighted by atomic mass is 16.5. The molecule has 14 heavy (non-hydrogen) atoms. The predicted octanol–water partition coefficient (Wildman–Crippen LogP) is 0.254. The molecule has 0 atom stereocenters. The number of ether oxygens (including phenoxy) is 1. The predicted molar refractivity (Wildman–Crippen MR) is 52.9 cm³/mol. The maximum absolute atomic E-state index is 11.2. The third-order valence-corrected chi connectivity index (χ3v) is 2.75. The van der Waals surface area contributed by atoms with Crippen LogP contribution in [0.5, 0.6) is 0 Å². The van der Waals surface area contributed by atoms with E-state index < -0.39 is 0 Å². The van der Waals surface area contributed by atoms with E-state index in [2.05, 4.69) is 4.90 Å². The lowest BCUT2D eigenvalue weighted by Gasteiger charge is -2.30. The van der Waals surface area contributed by atoms with Crippen molar-refractivity contribution < 1.29 is 14.6 Å². The van der Waals surface area contributed by atoms with Gasteiger partial charge < -0.3 is 14.7 Å². The van der Waals surface area contributed by atoms with Gasteiger partial charge in [-0.15, -0.1) is 0 Å². The van der Waals surface area contributed by atoms with Crippen LogP contribution in [0.15, 0.2) is 0 Å². The summed E-state index contributed by atoms with van der Waals surface area (Å²) >= 11 is 0. The SMILES string of the molecule is COC(=O)C1CCN(CCCO)CC1. The highest BCUT2D eigenvalue weighted by molar-refractivity contribution is 5.72. The molecule has 1 fully saturated rings. The Bertz CT molecular complexity index is 176. The molecule has 0 amide bonds. The van der Waals surface area contributed by atoms with E-state index in [4.69, 9.17) is 9.84 Å². The van der Waals surface area contributed by atoms with Crippen LogP contribution in [-0.4, -0.2) is 49.3 Å². The number of esters is 1. The average Bonchev–Trinajstić information content (AvgIpc) is 2.26. The van der Waals surface area contributed by atoms with Crippen LogP contribution in [0.3, 0.4) is 0 Å². The van der Waals surface area contributed by atoms with Crippen LogP contribution in [0.1, 0.15) is 19.3 Å². The Morgan fingerprint density at radius 2 is 2.14 bits per heavy atom. The Morgan fingerprint density at radius 3 is 2.64 bits per heavy atom. The normalized spacial score (nSPS) is 19.6. The molecule has 4 heteroatoms. The monoisotopic (exact) mass is 201 g/mol. The van der Waals surface area contributed by atoms with Gasteiger partial charge in [0, 0.05) is 13.2 Å². The number of piperidine rings is 1. The van der Waals surface area contributed by atoms with Gasteiger partial charge in [0.1, 0.15) is 0 Å². The number of likely N-dealkylation sites (tertiary alicyclic amines) is 1. The van der Waals surface area contributed by atoms with E-state index in [1.807, 2.05) is 0 Å². The molecule has 1 aliphatic heterocycles. The first-order valence-corrected chi connectivity index (χ1v) is 5.19. The summed E-state index contributed by atoms with van der Waals surface area (Å²) in [6.45, 7) is 3.07. The van der Waals surface area contributed by atoms with Crippen LogP contribution in [0.2, 0.25) is 0 Å². The van der Waals surface area contributed by atoms with E-state index in [9.17, 15) is 4.79 Å². The third-order valence-electron chi connectivity index (χ3n) is 2.75. The first-order valence-electron chi connectivity index (χ1n) is 5.19. The van der Waals surface area contributed by atoms with Crippen molar-refractivity contribution in [3.05, 3.63) is 0 Å². The number of hydrogen-bond acceptors (Lipinski definition) is 4. The van der Waals surface area contributed by atoms with Crippen LogP contribution in [0.4, 0.5) is 0 Å². The summed E-state index contributed by atoms with van der Waals surface area (Å²) in [5.41, 5.74) is 0. The van der Waals surface area contributed by atoms with Gasteiger partial charge in [0.2, 0.25) is 0 Å². The van der Waals surface area contributed by atoms with Crippen LogP contribution in [0, 0.1) is 5.92 Å². The van der Waals surface area contributed by atoms with Gasteiger partial charge in [-0.25, -0.2) is 0 Å². The van der Waals surface area contributed by atoms with Gasteiger partial charge in [0.15, 0.2) is 0 Å². The van der Waals surface area contributed by atoms with Gasteiger partial charge in [-0.2, -0.15) is 0 Å². The molecule has 1 heterocycles. The minimum absolute atomic E-state index is 0.0770. The first-order chi connectivity index (χ1) is 6.77. The van der Waals surface area contributed by atoms with Crippen molar-refractivity contribution in [2.45, 2.75) is 19.3 Å². The maximum Gasteiger partial charge on any atom is 0.308 e. The molecule has 0 bridgehead atoms. The van der Waals surface area contributed by atoms with E-state index in [1.54, 1.807) is 0 Å². The Kier molecular flexibility index (Phi) is 4.90. The maximum atomic E-state index is 11.2. The van der Waals surface area contributed by atoms with Gasteiger partial charge in [-0.05, 0) is 32.4 Å². The van der Waals surface area contributed by atoms with Crippen molar-refractivity contribution in [1.82, 2.24) is 4.90 Å². The topological polar surface area (TPSA) is 49.8 Å². The number of aliphatic hydroxyl groups is 1. The van der Waals surface area contributed by atoms with E-state index in [0.29, 0.717) is 0 Å². The number of carbonyl (C=O) groups excluding carboxylic acids is 1. The molecule has 0 aliphatic carbocycles. The molecule has 1 aliphatic rings.